The molecule has 1 heterocycles. The summed E-state index contributed by atoms with van der Waals surface area (Å²) in [5, 5.41) is 15.7. The Labute approximate surface area is 121 Å². The summed E-state index contributed by atoms with van der Waals surface area (Å²) in [6.07, 6.45) is 1.50. The summed E-state index contributed by atoms with van der Waals surface area (Å²) >= 11 is 6.10. The SMILES string of the molecule is CCc1nc(CC)n(Cc2cc([N+](=O)[O-])ccc2Cl)n1. The molecule has 0 unspecified atom stereocenters. The highest BCUT2D eigenvalue weighted by molar-refractivity contribution is 6.31. The minimum Gasteiger partial charge on any atom is -0.258 e. The topological polar surface area (TPSA) is 73.8 Å². The predicted octanol–water partition coefficient (Wildman–Crippen LogP) is 3.01. The molecule has 0 aliphatic rings. The van der Waals surface area contributed by atoms with E-state index in [0.717, 1.165) is 24.5 Å². The van der Waals surface area contributed by atoms with E-state index in [0.29, 0.717) is 17.1 Å². The number of hydrogen-bond acceptors (Lipinski definition) is 4. The smallest absolute Gasteiger partial charge is 0.258 e. The molecule has 0 bridgehead atoms. The number of non-ortho nitro benzene ring substituents is 1. The van der Waals surface area contributed by atoms with Crippen LogP contribution in [0, 0.1) is 10.1 Å². The van der Waals surface area contributed by atoms with Crippen LogP contribution < -0.4 is 0 Å². The zero-order valence-corrected chi connectivity index (χ0v) is 12.1. The second-order valence-corrected chi connectivity index (χ2v) is 4.75. The van der Waals surface area contributed by atoms with Gasteiger partial charge >= 0.3 is 0 Å². The fraction of sp³-hybridized carbons (Fsp3) is 0.385. The maximum Gasteiger partial charge on any atom is 0.269 e. The third-order valence-corrected chi connectivity index (χ3v) is 3.35. The third-order valence-electron chi connectivity index (χ3n) is 2.98. The van der Waals surface area contributed by atoms with E-state index >= 15 is 0 Å². The molecule has 0 atom stereocenters. The number of hydrogen-bond donors (Lipinski definition) is 0. The summed E-state index contributed by atoms with van der Waals surface area (Å²) < 4.78 is 1.75. The number of benzene rings is 1. The largest absolute Gasteiger partial charge is 0.269 e. The lowest BCUT2D eigenvalue weighted by atomic mass is 10.2. The second-order valence-electron chi connectivity index (χ2n) is 4.34. The van der Waals surface area contributed by atoms with Crippen molar-refractivity contribution in [1.82, 2.24) is 14.8 Å². The van der Waals surface area contributed by atoms with E-state index in [-0.39, 0.29) is 5.69 Å². The van der Waals surface area contributed by atoms with Gasteiger partial charge in [-0.3, -0.25) is 10.1 Å². The Kier molecular flexibility index (Phi) is 4.34. The zero-order chi connectivity index (χ0) is 14.7. The molecule has 20 heavy (non-hydrogen) atoms. The summed E-state index contributed by atoms with van der Waals surface area (Å²) in [5.74, 6) is 1.62. The molecule has 106 valence electrons. The van der Waals surface area contributed by atoms with Gasteiger partial charge in [0.05, 0.1) is 11.5 Å². The predicted molar refractivity (Wildman–Crippen MR) is 76.0 cm³/mol. The normalized spacial score (nSPS) is 10.8. The van der Waals surface area contributed by atoms with Crippen molar-refractivity contribution in [2.24, 2.45) is 0 Å². The van der Waals surface area contributed by atoms with Crippen LogP contribution in [0.5, 0.6) is 0 Å². The van der Waals surface area contributed by atoms with Crippen LogP contribution >= 0.6 is 11.6 Å². The van der Waals surface area contributed by atoms with Gasteiger partial charge in [-0.05, 0) is 11.6 Å². The first-order valence-electron chi connectivity index (χ1n) is 6.40. The van der Waals surface area contributed by atoms with Crippen LogP contribution in [0.3, 0.4) is 0 Å². The zero-order valence-electron chi connectivity index (χ0n) is 11.3. The van der Waals surface area contributed by atoms with Gasteiger partial charge in [-0.2, -0.15) is 5.10 Å². The number of rotatable bonds is 5. The molecule has 2 rings (SSSR count). The van der Waals surface area contributed by atoms with E-state index in [2.05, 4.69) is 10.1 Å². The van der Waals surface area contributed by atoms with Gasteiger partial charge in [-0.15, -0.1) is 0 Å². The quantitative estimate of drug-likeness (QED) is 0.627. The van der Waals surface area contributed by atoms with Gasteiger partial charge in [0.1, 0.15) is 5.82 Å². The Morgan fingerprint density at radius 3 is 2.70 bits per heavy atom. The van der Waals surface area contributed by atoms with Crippen molar-refractivity contribution in [3.8, 4) is 0 Å². The molecule has 2 aromatic rings. The maximum absolute atomic E-state index is 10.8. The molecule has 0 radical (unpaired) electrons. The van der Waals surface area contributed by atoms with E-state index in [1.807, 2.05) is 13.8 Å². The van der Waals surface area contributed by atoms with Crippen LogP contribution in [0.4, 0.5) is 5.69 Å². The highest BCUT2D eigenvalue weighted by Gasteiger charge is 2.13. The lowest BCUT2D eigenvalue weighted by Gasteiger charge is -2.06. The van der Waals surface area contributed by atoms with Crippen molar-refractivity contribution in [3.63, 3.8) is 0 Å². The fourth-order valence-electron chi connectivity index (χ4n) is 1.92. The number of aryl methyl sites for hydroxylation is 2. The van der Waals surface area contributed by atoms with Gasteiger partial charge in [-0.1, -0.05) is 25.4 Å². The highest BCUT2D eigenvalue weighted by Crippen LogP contribution is 2.23. The first-order valence-corrected chi connectivity index (χ1v) is 6.78. The Morgan fingerprint density at radius 1 is 1.35 bits per heavy atom. The molecule has 7 heteroatoms. The number of nitrogens with zero attached hydrogens (tertiary/aromatic N) is 4. The van der Waals surface area contributed by atoms with Gasteiger partial charge < -0.3 is 0 Å². The fourth-order valence-corrected chi connectivity index (χ4v) is 2.10. The molecule has 6 nitrogen and oxygen atoms in total. The van der Waals surface area contributed by atoms with Crippen molar-refractivity contribution in [2.45, 2.75) is 33.2 Å². The van der Waals surface area contributed by atoms with Gasteiger partial charge in [0.25, 0.3) is 5.69 Å². The molecule has 0 saturated carbocycles. The van der Waals surface area contributed by atoms with E-state index in [1.165, 1.54) is 18.2 Å². The van der Waals surface area contributed by atoms with Gasteiger partial charge in [0.15, 0.2) is 5.82 Å². The Morgan fingerprint density at radius 2 is 2.10 bits per heavy atom. The van der Waals surface area contributed by atoms with Crippen LogP contribution in [0.2, 0.25) is 5.02 Å². The average Bonchev–Trinajstić information content (AvgIpc) is 2.83. The van der Waals surface area contributed by atoms with Crippen molar-refractivity contribution >= 4 is 17.3 Å². The first kappa shape index (κ1) is 14.5. The second kappa shape index (κ2) is 6.00. The Bertz CT molecular complexity index is 639. The summed E-state index contributed by atoms with van der Waals surface area (Å²) in [4.78, 5) is 14.8. The van der Waals surface area contributed by atoms with Crippen LogP contribution in [0.1, 0.15) is 31.1 Å². The van der Waals surface area contributed by atoms with Crippen molar-refractivity contribution in [3.05, 3.63) is 50.5 Å². The molecule has 1 aromatic heterocycles. The maximum atomic E-state index is 10.8. The molecule has 0 spiro atoms. The molecular weight excluding hydrogens is 280 g/mol. The number of halogens is 1. The summed E-state index contributed by atoms with van der Waals surface area (Å²) in [6.45, 7) is 4.37. The monoisotopic (exact) mass is 294 g/mol. The van der Waals surface area contributed by atoms with Crippen molar-refractivity contribution in [1.29, 1.82) is 0 Å². The standard InChI is InChI=1S/C13H15ClN4O2/c1-3-12-15-13(4-2)17(16-12)8-9-7-10(18(19)20)5-6-11(9)14/h5-7H,3-4,8H2,1-2H3. The molecular formula is C13H15ClN4O2. The number of nitro benzene ring substituents is 1. The van der Waals surface area contributed by atoms with E-state index in [9.17, 15) is 10.1 Å². The van der Waals surface area contributed by atoms with Crippen LogP contribution in [0.25, 0.3) is 0 Å². The first-order chi connectivity index (χ1) is 9.55. The summed E-state index contributed by atoms with van der Waals surface area (Å²) in [7, 11) is 0. The minimum absolute atomic E-state index is 0.0262. The van der Waals surface area contributed by atoms with Crippen molar-refractivity contribution in [2.75, 3.05) is 0 Å². The number of aromatic nitrogens is 3. The third kappa shape index (κ3) is 2.96. The van der Waals surface area contributed by atoms with Crippen LogP contribution in [0.15, 0.2) is 18.2 Å². The van der Waals surface area contributed by atoms with Crippen molar-refractivity contribution < 1.29 is 4.92 Å². The Hall–Kier alpha value is -1.95. The average molecular weight is 295 g/mol. The number of nitro groups is 1. The van der Waals surface area contributed by atoms with Gasteiger partial charge in [0, 0.05) is 30.0 Å². The molecule has 0 saturated heterocycles. The Balaban J connectivity index is 2.36. The van der Waals surface area contributed by atoms with E-state index < -0.39 is 4.92 Å². The van der Waals surface area contributed by atoms with E-state index in [4.69, 9.17) is 11.6 Å². The van der Waals surface area contributed by atoms with Crippen LogP contribution in [-0.4, -0.2) is 19.7 Å². The molecule has 0 N–H and O–H groups in total. The molecule has 0 amide bonds. The van der Waals surface area contributed by atoms with Crippen LogP contribution in [-0.2, 0) is 19.4 Å². The molecule has 1 aromatic carbocycles. The van der Waals surface area contributed by atoms with Gasteiger partial charge in [-0.25, -0.2) is 9.67 Å². The molecule has 0 aliphatic carbocycles. The summed E-state index contributed by atoms with van der Waals surface area (Å²) in [6, 6.07) is 4.42. The summed E-state index contributed by atoms with van der Waals surface area (Å²) in [5.41, 5.74) is 0.696. The lowest BCUT2D eigenvalue weighted by molar-refractivity contribution is -0.384. The molecule has 0 fully saturated rings. The highest BCUT2D eigenvalue weighted by atomic mass is 35.5. The van der Waals surface area contributed by atoms with Gasteiger partial charge in [0.2, 0.25) is 0 Å². The molecule has 0 aliphatic heterocycles. The van der Waals surface area contributed by atoms with E-state index in [1.54, 1.807) is 4.68 Å². The lowest BCUT2D eigenvalue weighted by Crippen LogP contribution is -2.07. The minimum atomic E-state index is -0.431.